The number of hydrogen-bond acceptors (Lipinski definition) is 2. The summed E-state index contributed by atoms with van der Waals surface area (Å²) in [6.45, 7) is 3.38. The summed E-state index contributed by atoms with van der Waals surface area (Å²) in [6, 6.07) is 14.6. The molecule has 0 aliphatic heterocycles. The maximum atomic E-state index is 12.5. The van der Waals surface area contributed by atoms with Crippen LogP contribution in [0, 0.1) is 6.92 Å². The van der Waals surface area contributed by atoms with Gasteiger partial charge in [-0.15, -0.1) is 0 Å². The van der Waals surface area contributed by atoms with Gasteiger partial charge in [-0.2, -0.15) is 0 Å². The van der Waals surface area contributed by atoms with Gasteiger partial charge in [-0.3, -0.25) is 4.79 Å². The molecule has 0 heterocycles. The summed E-state index contributed by atoms with van der Waals surface area (Å²) >= 11 is 3.51. The zero-order valence-electron chi connectivity index (χ0n) is 14.6. The molecule has 3 rings (SSSR count). The number of anilines is 1. The third kappa shape index (κ3) is 5.06. The van der Waals surface area contributed by atoms with E-state index in [9.17, 15) is 4.79 Å². The summed E-state index contributed by atoms with van der Waals surface area (Å²) in [5.41, 5.74) is 3.22. The molecule has 1 amide bonds. The molecule has 1 fully saturated rings. The molecule has 132 valence electrons. The van der Waals surface area contributed by atoms with E-state index in [0.717, 1.165) is 28.0 Å². The molecule has 2 aromatic rings. The number of amides is 1. The topological polar surface area (TPSA) is 42.8 Å². The lowest BCUT2D eigenvalue weighted by Crippen LogP contribution is -3.13. The number of carbonyl (C=O) groups excluding carboxylic acids is 1. The zero-order valence-corrected chi connectivity index (χ0v) is 16.2. The Morgan fingerprint density at radius 2 is 1.96 bits per heavy atom. The van der Waals surface area contributed by atoms with Gasteiger partial charge in [-0.05, 0) is 48.9 Å². The number of carbonyl (C=O) groups is 1. The average Bonchev–Trinajstić information content (AvgIpc) is 3.43. The summed E-state index contributed by atoms with van der Waals surface area (Å²) in [4.78, 5) is 13.8. The Labute approximate surface area is 157 Å². The highest BCUT2D eigenvalue weighted by Gasteiger charge is 2.34. The lowest BCUT2D eigenvalue weighted by molar-refractivity contribution is -0.916. The molecule has 2 aromatic carbocycles. The van der Waals surface area contributed by atoms with Crippen molar-refractivity contribution in [3.8, 4) is 5.75 Å². The van der Waals surface area contributed by atoms with Crippen molar-refractivity contribution in [1.29, 1.82) is 0 Å². The van der Waals surface area contributed by atoms with Crippen LogP contribution in [0.3, 0.4) is 0 Å². The molecule has 1 aliphatic rings. The summed E-state index contributed by atoms with van der Waals surface area (Å²) in [7, 11) is 1.67. The molecule has 0 spiro atoms. The highest BCUT2D eigenvalue weighted by Crippen LogP contribution is 2.20. The third-order valence-corrected chi connectivity index (χ3v) is 5.44. The maximum absolute atomic E-state index is 12.5. The van der Waals surface area contributed by atoms with Gasteiger partial charge < -0.3 is 15.0 Å². The van der Waals surface area contributed by atoms with Crippen LogP contribution in [0.4, 0.5) is 5.69 Å². The molecule has 1 unspecified atom stereocenters. The van der Waals surface area contributed by atoms with Crippen molar-refractivity contribution < 1.29 is 14.4 Å². The van der Waals surface area contributed by atoms with Crippen LogP contribution in [-0.4, -0.2) is 25.6 Å². The van der Waals surface area contributed by atoms with Crippen molar-refractivity contribution in [3.05, 3.63) is 58.1 Å². The zero-order chi connectivity index (χ0) is 17.8. The smallest absolute Gasteiger partial charge is 0.279 e. The van der Waals surface area contributed by atoms with Crippen LogP contribution in [-0.2, 0) is 11.3 Å². The number of nitrogens with one attached hydrogen (secondary N) is 2. The second-order valence-corrected chi connectivity index (χ2v) is 7.50. The van der Waals surface area contributed by atoms with Crippen LogP contribution in [0.15, 0.2) is 46.9 Å². The monoisotopic (exact) mass is 403 g/mol. The van der Waals surface area contributed by atoms with Crippen molar-refractivity contribution in [2.75, 3.05) is 19.0 Å². The van der Waals surface area contributed by atoms with E-state index in [4.69, 9.17) is 4.74 Å². The lowest BCUT2D eigenvalue weighted by Gasteiger charge is -2.19. The Morgan fingerprint density at radius 1 is 1.24 bits per heavy atom. The number of rotatable bonds is 7. The van der Waals surface area contributed by atoms with Gasteiger partial charge in [0.05, 0.1) is 13.2 Å². The Kier molecular flexibility index (Phi) is 5.76. The molecule has 4 nitrogen and oxygen atoms in total. The van der Waals surface area contributed by atoms with Crippen LogP contribution in [0.25, 0.3) is 0 Å². The van der Waals surface area contributed by atoms with Crippen molar-refractivity contribution in [2.45, 2.75) is 32.4 Å². The third-order valence-electron chi connectivity index (χ3n) is 4.59. The minimum absolute atomic E-state index is 0.0613. The standard InChI is InChI=1S/C20H23BrN2O2/c1-14-3-6-16(11-19(14)21)22-20(24)13-23(17-7-8-17)12-15-4-9-18(25-2)10-5-15/h3-6,9-11,17H,7-8,12-13H2,1-2H3,(H,22,24)/p+1. The minimum atomic E-state index is 0.0613. The fourth-order valence-electron chi connectivity index (χ4n) is 2.93. The normalized spacial score (nSPS) is 14.8. The lowest BCUT2D eigenvalue weighted by atomic mass is 10.2. The first kappa shape index (κ1) is 18.0. The van der Waals surface area contributed by atoms with Gasteiger partial charge in [0.15, 0.2) is 6.54 Å². The van der Waals surface area contributed by atoms with Crippen molar-refractivity contribution in [2.24, 2.45) is 0 Å². The number of benzene rings is 2. The summed E-state index contributed by atoms with van der Waals surface area (Å²) in [6.07, 6.45) is 2.41. The Morgan fingerprint density at radius 3 is 2.56 bits per heavy atom. The van der Waals surface area contributed by atoms with E-state index < -0.39 is 0 Å². The molecule has 1 saturated carbocycles. The quantitative estimate of drug-likeness (QED) is 0.745. The van der Waals surface area contributed by atoms with E-state index in [1.165, 1.54) is 23.3 Å². The van der Waals surface area contributed by atoms with Crippen LogP contribution < -0.4 is 15.0 Å². The second kappa shape index (κ2) is 8.02. The second-order valence-electron chi connectivity index (χ2n) is 6.65. The van der Waals surface area contributed by atoms with Crippen molar-refractivity contribution >= 4 is 27.5 Å². The maximum Gasteiger partial charge on any atom is 0.279 e. The predicted octanol–water partition coefficient (Wildman–Crippen LogP) is 2.95. The van der Waals surface area contributed by atoms with E-state index in [2.05, 4.69) is 33.4 Å². The van der Waals surface area contributed by atoms with Gasteiger partial charge in [-0.1, -0.05) is 22.0 Å². The van der Waals surface area contributed by atoms with Crippen LogP contribution in [0.1, 0.15) is 24.0 Å². The largest absolute Gasteiger partial charge is 0.497 e. The SMILES string of the molecule is COc1ccc(C[NH+](CC(=O)Nc2ccc(C)c(Br)c2)C2CC2)cc1. The van der Waals surface area contributed by atoms with Crippen LogP contribution in [0.2, 0.25) is 0 Å². The number of aryl methyl sites for hydroxylation is 1. The first-order valence-electron chi connectivity index (χ1n) is 8.58. The molecular formula is C20H24BrN2O2+. The fourth-order valence-corrected chi connectivity index (χ4v) is 3.31. The van der Waals surface area contributed by atoms with Crippen molar-refractivity contribution in [3.63, 3.8) is 0 Å². The first-order valence-corrected chi connectivity index (χ1v) is 9.38. The Bertz CT molecular complexity index is 742. The molecule has 25 heavy (non-hydrogen) atoms. The average molecular weight is 404 g/mol. The van der Waals surface area contributed by atoms with Gasteiger partial charge in [0, 0.05) is 28.6 Å². The molecule has 1 aliphatic carbocycles. The number of ether oxygens (including phenoxy) is 1. The molecule has 0 bridgehead atoms. The first-order chi connectivity index (χ1) is 12.0. The van der Waals surface area contributed by atoms with E-state index in [0.29, 0.717) is 12.6 Å². The molecule has 0 aromatic heterocycles. The molecule has 2 N–H and O–H groups in total. The van der Waals surface area contributed by atoms with Crippen LogP contribution in [0.5, 0.6) is 5.75 Å². The molecule has 1 atom stereocenters. The van der Waals surface area contributed by atoms with Gasteiger partial charge in [-0.25, -0.2) is 0 Å². The number of hydrogen-bond donors (Lipinski definition) is 2. The van der Waals surface area contributed by atoms with E-state index in [1.54, 1.807) is 7.11 Å². The Hall–Kier alpha value is -1.85. The summed E-state index contributed by atoms with van der Waals surface area (Å²) in [5, 5.41) is 3.02. The van der Waals surface area contributed by atoms with Gasteiger partial charge >= 0.3 is 0 Å². The summed E-state index contributed by atoms with van der Waals surface area (Å²) < 4.78 is 6.22. The summed E-state index contributed by atoms with van der Waals surface area (Å²) in [5.74, 6) is 0.922. The number of quaternary nitrogens is 1. The van der Waals surface area contributed by atoms with E-state index in [-0.39, 0.29) is 5.91 Å². The van der Waals surface area contributed by atoms with Gasteiger partial charge in [0.2, 0.25) is 0 Å². The minimum Gasteiger partial charge on any atom is -0.497 e. The molecule has 0 radical (unpaired) electrons. The molecular weight excluding hydrogens is 380 g/mol. The number of halogens is 1. The highest BCUT2D eigenvalue weighted by atomic mass is 79.9. The van der Waals surface area contributed by atoms with E-state index >= 15 is 0 Å². The van der Waals surface area contributed by atoms with Crippen LogP contribution >= 0.6 is 15.9 Å². The molecule has 0 saturated heterocycles. The number of methoxy groups -OCH3 is 1. The van der Waals surface area contributed by atoms with E-state index in [1.807, 2.05) is 37.3 Å². The highest BCUT2D eigenvalue weighted by molar-refractivity contribution is 9.10. The van der Waals surface area contributed by atoms with Gasteiger partial charge in [0.25, 0.3) is 5.91 Å². The fraction of sp³-hybridized carbons (Fsp3) is 0.350. The van der Waals surface area contributed by atoms with Gasteiger partial charge in [0.1, 0.15) is 12.3 Å². The molecule has 5 heteroatoms. The van der Waals surface area contributed by atoms with Crippen molar-refractivity contribution in [1.82, 2.24) is 0 Å². The predicted molar refractivity (Wildman–Crippen MR) is 103 cm³/mol. The Balaban J connectivity index is 1.60.